The first kappa shape index (κ1) is 21.9. The molecule has 0 atom stereocenters. The van der Waals surface area contributed by atoms with Crippen molar-refractivity contribution in [3.63, 3.8) is 0 Å². The van der Waals surface area contributed by atoms with Crippen molar-refractivity contribution in [1.29, 1.82) is 0 Å². The van der Waals surface area contributed by atoms with Crippen molar-refractivity contribution in [2.24, 2.45) is 5.73 Å². The second-order valence-electron chi connectivity index (χ2n) is 7.81. The van der Waals surface area contributed by atoms with Gasteiger partial charge >= 0.3 is 0 Å². The SMILES string of the molecule is CC(C)(N)CCc1ccc(Cl)c(C(=O)c2ccc(Nc3ccc(F)cc3F)nc2)c1. The molecular formula is C23H22ClF2N3O. The van der Waals surface area contributed by atoms with Gasteiger partial charge in [-0.25, -0.2) is 13.8 Å². The average molecular weight is 430 g/mol. The molecule has 156 valence electrons. The summed E-state index contributed by atoms with van der Waals surface area (Å²) in [4.78, 5) is 17.1. The maximum Gasteiger partial charge on any atom is 0.196 e. The Bertz CT molecular complexity index is 1060. The normalized spacial score (nSPS) is 11.4. The summed E-state index contributed by atoms with van der Waals surface area (Å²) in [6.07, 6.45) is 2.88. The summed E-state index contributed by atoms with van der Waals surface area (Å²) in [7, 11) is 0. The van der Waals surface area contributed by atoms with E-state index in [1.54, 1.807) is 24.3 Å². The van der Waals surface area contributed by atoms with Gasteiger partial charge in [0.05, 0.1) is 10.7 Å². The first-order valence-corrected chi connectivity index (χ1v) is 9.80. The lowest BCUT2D eigenvalue weighted by molar-refractivity contribution is 0.103. The van der Waals surface area contributed by atoms with Crippen molar-refractivity contribution in [3.05, 3.63) is 88.1 Å². The Hall–Kier alpha value is -2.83. The summed E-state index contributed by atoms with van der Waals surface area (Å²) < 4.78 is 26.8. The first-order valence-electron chi connectivity index (χ1n) is 9.42. The lowest BCUT2D eigenvalue weighted by Crippen LogP contribution is -2.32. The zero-order chi connectivity index (χ0) is 21.9. The lowest BCUT2D eigenvalue weighted by atomic mass is 9.94. The van der Waals surface area contributed by atoms with E-state index in [4.69, 9.17) is 17.3 Å². The fraction of sp³-hybridized carbons (Fsp3) is 0.217. The summed E-state index contributed by atoms with van der Waals surface area (Å²) >= 11 is 6.25. The summed E-state index contributed by atoms with van der Waals surface area (Å²) in [5, 5.41) is 3.11. The summed E-state index contributed by atoms with van der Waals surface area (Å²) in [6.45, 7) is 3.90. The van der Waals surface area contributed by atoms with Crippen LogP contribution in [0.15, 0.2) is 54.7 Å². The Kier molecular flexibility index (Phi) is 6.48. The fourth-order valence-corrected chi connectivity index (χ4v) is 3.06. The van der Waals surface area contributed by atoms with Crippen LogP contribution in [0.1, 0.15) is 41.8 Å². The molecule has 0 unspecified atom stereocenters. The van der Waals surface area contributed by atoms with Crippen LogP contribution in [0.3, 0.4) is 0 Å². The molecule has 3 N–H and O–H groups in total. The highest BCUT2D eigenvalue weighted by molar-refractivity contribution is 6.35. The molecule has 0 amide bonds. The lowest BCUT2D eigenvalue weighted by Gasteiger charge is -2.18. The maximum absolute atomic E-state index is 13.8. The molecule has 0 saturated heterocycles. The Balaban J connectivity index is 1.77. The molecule has 4 nitrogen and oxygen atoms in total. The molecule has 1 aromatic heterocycles. The van der Waals surface area contributed by atoms with Gasteiger partial charge in [0, 0.05) is 28.9 Å². The Morgan fingerprint density at radius 2 is 1.90 bits per heavy atom. The smallest absolute Gasteiger partial charge is 0.196 e. The van der Waals surface area contributed by atoms with E-state index in [1.165, 1.54) is 12.3 Å². The molecule has 0 aliphatic heterocycles. The number of hydrogen-bond acceptors (Lipinski definition) is 4. The third-order valence-electron chi connectivity index (χ3n) is 4.55. The second-order valence-corrected chi connectivity index (χ2v) is 8.22. The Morgan fingerprint density at radius 1 is 1.13 bits per heavy atom. The molecule has 0 spiro atoms. The molecule has 3 aromatic rings. The largest absolute Gasteiger partial charge is 0.338 e. The van der Waals surface area contributed by atoms with E-state index >= 15 is 0 Å². The van der Waals surface area contributed by atoms with Crippen LogP contribution in [0.5, 0.6) is 0 Å². The van der Waals surface area contributed by atoms with Gasteiger partial charge in [-0.2, -0.15) is 0 Å². The van der Waals surface area contributed by atoms with E-state index in [0.717, 1.165) is 30.5 Å². The van der Waals surface area contributed by atoms with E-state index in [2.05, 4.69) is 10.3 Å². The molecule has 0 radical (unpaired) electrons. The zero-order valence-corrected chi connectivity index (χ0v) is 17.4. The number of aromatic nitrogens is 1. The van der Waals surface area contributed by atoms with Gasteiger partial charge in [-0.15, -0.1) is 0 Å². The number of aryl methyl sites for hydroxylation is 1. The minimum atomic E-state index is -0.735. The summed E-state index contributed by atoms with van der Waals surface area (Å²) in [6, 6.07) is 11.7. The third kappa shape index (κ3) is 5.62. The molecule has 3 rings (SSSR count). The van der Waals surface area contributed by atoms with Crippen molar-refractivity contribution in [1.82, 2.24) is 4.98 Å². The summed E-state index contributed by atoms with van der Waals surface area (Å²) in [5.41, 5.74) is 7.52. The third-order valence-corrected chi connectivity index (χ3v) is 4.88. The fourth-order valence-electron chi connectivity index (χ4n) is 2.85. The minimum Gasteiger partial charge on any atom is -0.338 e. The van der Waals surface area contributed by atoms with E-state index in [0.29, 0.717) is 22.0 Å². The molecule has 0 aliphatic rings. The van der Waals surface area contributed by atoms with Crippen molar-refractivity contribution in [2.45, 2.75) is 32.2 Å². The Labute approximate surface area is 179 Å². The standard InChI is InChI=1S/C23H22ClF2N3O/c1-23(2,27)10-9-14-3-6-18(24)17(11-14)22(30)15-4-8-21(28-13-15)29-20-7-5-16(25)12-19(20)26/h3-8,11-13H,9-10,27H2,1-2H3,(H,28,29). The minimum absolute atomic E-state index is 0.0848. The molecule has 0 fully saturated rings. The van der Waals surface area contributed by atoms with Crippen molar-refractivity contribution >= 4 is 28.9 Å². The number of carbonyl (C=O) groups is 1. The maximum atomic E-state index is 13.8. The predicted octanol–water partition coefficient (Wildman–Crippen LogP) is 5.66. The van der Waals surface area contributed by atoms with Gasteiger partial charge < -0.3 is 11.1 Å². The van der Waals surface area contributed by atoms with Crippen LogP contribution in [-0.2, 0) is 6.42 Å². The highest BCUT2D eigenvalue weighted by Crippen LogP contribution is 2.24. The monoisotopic (exact) mass is 429 g/mol. The van der Waals surface area contributed by atoms with Crippen LogP contribution >= 0.6 is 11.6 Å². The van der Waals surface area contributed by atoms with Gasteiger partial charge in [-0.3, -0.25) is 4.79 Å². The number of halogens is 3. The number of carbonyl (C=O) groups excluding carboxylic acids is 1. The molecule has 0 saturated carbocycles. The van der Waals surface area contributed by atoms with Crippen LogP contribution in [-0.4, -0.2) is 16.3 Å². The van der Waals surface area contributed by atoms with Crippen molar-refractivity contribution in [2.75, 3.05) is 5.32 Å². The first-order chi connectivity index (χ1) is 14.1. The number of anilines is 2. The van der Waals surface area contributed by atoms with Crippen LogP contribution < -0.4 is 11.1 Å². The van der Waals surface area contributed by atoms with Crippen LogP contribution in [0.4, 0.5) is 20.3 Å². The molecule has 2 aromatic carbocycles. The molecule has 0 aliphatic carbocycles. The van der Waals surface area contributed by atoms with E-state index in [9.17, 15) is 13.6 Å². The van der Waals surface area contributed by atoms with Crippen molar-refractivity contribution in [3.8, 4) is 0 Å². The average Bonchev–Trinajstić information content (AvgIpc) is 2.69. The molecule has 7 heteroatoms. The van der Waals surface area contributed by atoms with Gasteiger partial charge in [-0.05, 0) is 68.7 Å². The molecule has 30 heavy (non-hydrogen) atoms. The quantitative estimate of drug-likeness (QED) is 0.475. The van der Waals surface area contributed by atoms with Gasteiger partial charge in [0.25, 0.3) is 0 Å². The topological polar surface area (TPSA) is 68.0 Å². The number of pyridine rings is 1. The van der Waals surface area contributed by atoms with Crippen LogP contribution in [0.2, 0.25) is 5.02 Å². The van der Waals surface area contributed by atoms with E-state index in [-0.39, 0.29) is 17.0 Å². The van der Waals surface area contributed by atoms with E-state index < -0.39 is 11.6 Å². The van der Waals surface area contributed by atoms with Gasteiger partial charge in [-0.1, -0.05) is 17.7 Å². The van der Waals surface area contributed by atoms with Gasteiger partial charge in [0.15, 0.2) is 5.78 Å². The number of nitrogens with one attached hydrogen (secondary N) is 1. The number of nitrogens with two attached hydrogens (primary N) is 1. The van der Waals surface area contributed by atoms with Gasteiger partial charge in [0.1, 0.15) is 17.5 Å². The van der Waals surface area contributed by atoms with Crippen LogP contribution in [0.25, 0.3) is 0 Å². The number of ketones is 1. The predicted molar refractivity (Wildman–Crippen MR) is 115 cm³/mol. The van der Waals surface area contributed by atoms with Crippen LogP contribution in [0, 0.1) is 11.6 Å². The molecule has 1 heterocycles. The number of rotatable bonds is 7. The van der Waals surface area contributed by atoms with E-state index in [1.807, 2.05) is 19.9 Å². The molecule has 0 bridgehead atoms. The number of hydrogen-bond donors (Lipinski definition) is 2. The van der Waals surface area contributed by atoms with Gasteiger partial charge in [0.2, 0.25) is 0 Å². The Morgan fingerprint density at radius 3 is 2.53 bits per heavy atom. The van der Waals surface area contributed by atoms with Crippen molar-refractivity contribution < 1.29 is 13.6 Å². The number of benzene rings is 2. The highest BCUT2D eigenvalue weighted by atomic mass is 35.5. The highest BCUT2D eigenvalue weighted by Gasteiger charge is 2.16. The zero-order valence-electron chi connectivity index (χ0n) is 16.7. The summed E-state index contributed by atoms with van der Waals surface area (Å²) in [5.74, 6) is -1.34. The number of nitrogens with zero attached hydrogens (tertiary/aromatic N) is 1. The second kappa shape index (κ2) is 8.90. The molecular weight excluding hydrogens is 408 g/mol.